The lowest BCUT2D eigenvalue weighted by molar-refractivity contribution is -0.143. The second-order valence-electron chi connectivity index (χ2n) is 4.97. The summed E-state index contributed by atoms with van der Waals surface area (Å²) in [5.41, 5.74) is 0. The summed E-state index contributed by atoms with van der Waals surface area (Å²) in [5, 5.41) is 0. The van der Waals surface area contributed by atoms with Crippen molar-refractivity contribution in [1.29, 1.82) is 0 Å². The van der Waals surface area contributed by atoms with Gasteiger partial charge < -0.3 is 14.4 Å². The number of morpholine rings is 1. The minimum atomic E-state index is -0.315. The highest BCUT2D eigenvalue weighted by Crippen LogP contribution is 2.28. The first-order chi connectivity index (χ1) is 9.24. The maximum absolute atomic E-state index is 12.7. The van der Waals surface area contributed by atoms with Gasteiger partial charge in [0.2, 0.25) is 0 Å². The number of rotatable bonds is 3. The van der Waals surface area contributed by atoms with Crippen LogP contribution in [0.5, 0.6) is 5.75 Å². The van der Waals surface area contributed by atoms with Crippen LogP contribution < -0.4 is 4.74 Å². The van der Waals surface area contributed by atoms with Crippen molar-refractivity contribution in [3.8, 4) is 5.75 Å². The molecule has 3 rings (SSSR count). The van der Waals surface area contributed by atoms with Gasteiger partial charge in [0.05, 0.1) is 25.3 Å². The molecule has 0 spiro atoms. The number of nitrogens with zero attached hydrogens (tertiary/aromatic N) is 1. The van der Waals surface area contributed by atoms with Crippen LogP contribution >= 0.6 is 0 Å². The molecular formula is C14H16FNO3. The first-order valence-corrected chi connectivity index (χ1v) is 6.51. The summed E-state index contributed by atoms with van der Waals surface area (Å²) in [5.74, 6) is 0.181. The van der Waals surface area contributed by atoms with E-state index in [-0.39, 0.29) is 30.4 Å². The van der Waals surface area contributed by atoms with Crippen molar-refractivity contribution >= 4 is 5.91 Å². The predicted molar refractivity (Wildman–Crippen MR) is 66.4 cm³/mol. The third-order valence-corrected chi connectivity index (χ3v) is 3.70. The van der Waals surface area contributed by atoms with Crippen LogP contribution in [0.25, 0.3) is 0 Å². The van der Waals surface area contributed by atoms with Gasteiger partial charge in [0.15, 0.2) is 6.61 Å². The zero-order valence-corrected chi connectivity index (χ0v) is 10.5. The van der Waals surface area contributed by atoms with Gasteiger partial charge in [0.25, 0.3) is 5.91 Å². The predicted octanol–water partition coefficient (Wildman–Crippen LogP) is 1.59. The quantitative estimate of drug-likeness (QED) is 0.833. The summed E-state index contributed by atoms with van der Waals surface area (Å²) in [6.45, 7) is 1.25. The smallest absolute Gasteiger partial charge is 0.261 e. The van der Waals surface area contributed by atoms with Crippen LogP contribution in [0, 0.1) is 5.82 Å². The standard InChI is InChI=1S/C14H16FNO3/c15-10-1-5-13(6-2-10)19-9-14(17)16-11-3-4-12(16)8-18-7-11/h1-2,5-6,11-12H,3-4,7-9H2/t11-,12-/m1/s1. The Morgan fingerprint density at radius 3 is 2.53 bits per heavy atom. The van der Waals surface area contributed by atoms with E-state index in [4.69, 9.17) is 9.47 Å². The summed E-state index contributed by atoms with van der Waals surface area (Å²) in [7, 11) is 0. The molecule has 0 unspecified atom stereocenters. The van der Waals surface area contributed by atoms with Crippen LogP contribution in [0.1, 0.15) is 12.8 Å². The van der Waals surface area contributed by atoms with Crippen molar-refractivity contribution in [2.75, 3.05) is 19.8 Å². The molecular weight excluding hydrogens is 249 g/mol. The number of hydrogen-bond donors (Lipinski definition) is 0. The average Bonchev–Trinajstić information content (AvgIpc) is 2.67. The van der Waals surface area contributed by atoms with E-state index < -0.39 is 0 Å². The molecule has 1 amide bonds. The fourth-order valence-corrected chi connectivity index (χ4v) is 2.79. The molecule has 4 nitrogen and oxygen atoms in total. The van der Waals surface area contributed by atoms with Crippen LogP contribution in [0.2, 0.25) is 0 Å². The molecule has 1 aromatic rings. The Bertz CT molecular complexity index is 446. The summed E-state index contributed by atoms with van der Waals surface area (Å²) >= 11 is 0. The second kappa shape index (κ2) is 5.17. The normalized spacial score (nSPS) is 25.4. The molecule has 2 saturated heterocycles. The van der Waals surface area contributed by atoms with Gasteiger partial charge in [-0.1, -0.05) is 0 Å². The Morgan fingerprint density at radius 1 is 1.26 bits per heavy atom. The van der Waals surface area contributed by atoms with E-state index in [0.29, 0.717) is 19.0 Å². The highest BCUT2D eigenvalue weighted by molar-refractivity contribution is 5.79. The van der Waals surface area contributed by atoms with E-state index in [2.05, 4.69) is 0 Å². The first kappa shape index (κ1) is 12.4. The molecule has 0 N–H and O–H groups in total. The molecule has 2 heterocycles. The average molecular weight is 265 g/mol. The number of carbonyl (C=O) groups is 1. The van der Waals surface area contributed by atoms with Gasteiger partial charge in [0, 0.05) is 0 Å². The van der Waals surface area contributed by atoms with Gasteiger partial charge in [-0.05, 0) is 37.1 Å². The number of ether oxygens (including phenoxy) is 2. The van der Waals surface area contributed by atoms with Crippen molar-refractivity contribution in [1.82, 2.24) is 4.90 Å². The molecule has 1 aromatic carbocycles. The Hall–Kier alpha value is -1.62. The van der Waals surface area contributed by atoms with Gasteiger partial charge in [-0.3, -0.25) is 4.79 Å². The monoisotopic (exact) mass is 265 g/mol. The molecule has 2 aliphatic rings. The highest BCUT2D eigenvalue weighted by atomic mass is 19.1. The third-order valence-electron chi connectivity index (χ3n) is 3.70. The Labute approximate surface area is 111 Å². The molecule has 2 atom stereocenters. The number of benzene rings is 1. The molecule has 0 saturated carbocycles. The molecule has 2 bridgehead atoms. The van der Waals surface area contributed by atoms with E-state index in [0.717, 1.165) is 12.8 Å². The zero-order valence-electron chi connectivity index (χ0n) is 10.5. The maximum Gasteiger partial charge on any atom is 0.261 e. The lowest BCUT2D eigenvalue weighted by Crippen LogP contribution is -2.50. The Kier molecular flexibility index (Phi) is 3.38. The largest absolute Gasteiger partial charge is 0.484 e. The fourth-order valence-electron chi connectivity index (χ4n) is 2.79. The van der Waals surface area contributed by atoms with E-state index in [9.17, 15) is 9.18 Å². The van der Waals surface area contributed by atoms with Gasteiger partial charge in [-0.15, -0.1) is 0 Å². The zero-order chi connectivity index (χ0) is 13.2. The van der Waals surface area contributed by atoms with E-state index >= 15 is 0 Å². The summed E-state index contributed by atoms with van der Waals surface area (Å²) in [4.78, 5) is 14.1. The highest BCUT2D eigenvalue weighted by Gasteiger charge is 2.40. The van der Waals surface area contributed by atoms with Gasteiger partial charge >= 0.3 is 0 Å². The Morgan fingerprint density at radius 2 is 1.89 bits per heavy atom. The van der Waals surface area contributed by atoms with Gasteiger partial charge in [-0.25, -0.2) is 4.39 Å². The molecule has 19 heavy (non-hydrogen) atoms. The minimum Gasteiger partial charge on any atom is -0.484 e. The van der Waals surface area contributed by atoms with E-state index in [1.807, 2.05) is 4.90 Å². The fraction of sp³-hybridized carbons (Fsp3) is 0.500. The topological polar surface area (TPSA) is 38.8 Å². The lowest BCUT2D eigenvalue weighted by atomic mass is 10.2. The van der Waals surface area contributed by atoms with Crippen LogP contribution in [-0.4, -0.2) is 42.7 Å². The van der Waals surface area contributed by atoms with E-state index in [1.165, 1.54) is 24.3 Å². The summed E-state index contributed by atoms with van der Waals surface area (Å²) in [6.07, 6.45) is 2.01. The van der Waals surface area contributed by atoms with Crippen molar-refractivity contribution in [2.45, 2.75) is 24.9 Å². The van der Waals surface area contributed by atoms with Gasteiger partial charge in [-0.2, -0.15) is 0 Å². The molecule has 5 heteroatoms. The van der Waals surface area contributed by atoms with Crippen molar-refractivity contribution < 1.29 is 18.7 Å². The third kappa shape index (κ3) is 2.56. The van der Waals surface area contributed by atoms with Crippen LogP contribution in [0.3, 0.4) is 0 Å². The lowest BCUT2D eigenvalue weighted by Gasteiger charge is -2.34. The number of fused-ring (bicyclic) bond motifs is 2. The second-order valence-corrected chi connectivity index (χ2v) is 4.97. The molecule has 2 fully saturated rings. The maximum atomic E-state index is 12.7. The molecule has 0 aromatic heterocycles. The Balaban J connectivity index is 1.58. The van der Waals surface area contributed by atoms with Crippen LogP contribution in [0.15, 0.2) is 24.3 Å². The first-order valence-electron chi connectivity index (χ1n) is 6.51. The number of hydrogen-bond acceptors (Lipinski definition) is 3. The van der Waals surface area contributed by atoms with Crippen LogP contribution in [0.4, 0.5) is 4.39 Å². The van der Waals surface area contributed by atoms with Crippen molar-refractivity contribution in [3.05, 3.63) is 30.1 Å². The number of halogens is 1. The summed E-state index contributed by atoms with van der Waals surface area (Å²) in [6, 6.07) is 6.08. The van der Waals surface area contributed by atoms with Crippen LogP contribution in [-0.2, 0) is 9.53 Å². The number of carbonyl (C=O) groups excluding carboxylic acids is 1. The number of amides is 1. The summed E-state index contributed by atoms with van der Waals surface area (Å²) < 4.78 is 23.6. The minimum absolute atomic E-state index is 0.00136. The molecule has 0 radical (unpaired) electrons. The van der Waals surface area contributed by atoms with Crippen molar-refractivity contribution in [3.63, 3.8) is 0 Å². The SMILES string of the molecule is O=C(COc1ccc(F)cc1)N1[C@@H]2CC[C@@H]1COC2. The molecule has 0 aliphatic carbocycles. The van der Waals surface area contributed by atoms with Crippen molar-refractivity contribution in [2.24, 2.45) is 0 Å². The molecule has 102 valence electrons. The molecule has 2 aliphatic heterocycles. The van der Waals surface area contributed by atoms with Gasteiger partial charge in [0.1, 0.15) is 11.6 Å². The van der Waals surface area contributed by atoms with E-state index in [1.54, 1.807) is 0 Å².